The van der Waals surface area contributed by atoms with Crippen LogP contribution in [0.25, 0.3) is 0 Å². The second-order valence-electron chi connectivity index (χ2n) is 4.66. The lowest BCUT2D eigenvalue weighted by atomic mass is 10.2. The molecule has 5 nitrogen and oxygen atoms in total. The van der Waals surface area contributed by atoms with E-state index in [2.05, 4.69) is 15.6 Å². The van der Waals surface area contributed by atoms with Gasteiger partial charge >= 0.3 is 0 Å². The van der Waals surface area contributed by atoms with Gasteiger partial charge in [-0.1, -0.05) is 12.1 Å². The van der Waals surface area contributed by atoms with Gasteiger partial charge in [-0.2, -0.15) is 0 Å². The summed E-state index contributed by atoms with van der Waals surface area (Å²) in [5.41, 5.74) is 1.18. The molecule has 0 fully saturated rings. The maximum atomic E-state index is 5.61. The van der Waals surface area contributed by atoms with Crippen LogP contribution in [0.4, 0.5) is 0 Å². The zero-order valence-corrected chi connectivity index (χ0v) is 15.5. The first-order chi connectivity index (χ1) is 9.65. The Morgan fingerprint density at radius 3 is 2.38 bits per heavy atom. The molecule has 1 aromatic carbocycles. The topological polar surface area (TPSA) is 54.9 Å². The normalized spacial score (nSPS) is 11.0. The number of hydrogen-bond acceptors (Lipinski definition) is 3. The van der Waals surface area contributed by atoms with Crippen LogP contribution in [0.1, 0.15) is 19.4 Å². The minimum Gasteiger partial charge on any atom is -0.491 e. The first kappa shape index (κ1) is 20.0. The van der Waals surface area contributed by atoms with Gasteiger partial charge in [-0.25, -0.2) is 0 Å². The number of guanidine groups is 1. The van der Waals surface area contributed by atoms with Crippen LogP contribution in [-0.4, -0.2) is 39.4 Å². The van der Waals surface area contributed by atoms with Gasteiger partial charge in [0.2, 0.25) is 0 Å². The first-order valence-electron chi connectivity index (χ1n) is 6.84. The summed E-state index contributed by atoms with van der Waals surface area (Å²) < 4.78 is 10.6. The van der Waals surface area contributed by atoms with E-state index in [0.29, 0.717) is 13.2 Å². The van der Waals surface area contributed by atoms with Crippen LogP contribution in [0.2, 0.25) is 0 Å². The Morgan fingerprint density at radius 2 is 1.86 bits per heavy atom. The van der Waals surface area contributed by atoms with Gasteiger partial charge in [0.25, 0.3) is 0 Å². The highest BCUT2D eigenvalue weighted by molar-refractivity contribution is 14.0. The lowest BCUT2D eigenvalue weighted by molar-refractivity contribution is 0.203. The molecule has 21 heavy (non-hydrogen) atoms. The van der Waals surface area contributed by atoms with E-state index in [4.69, 9.17) is 9.47 Å². The molecule has 0 heterocycles. The van der Waals surface area contributed by atoms with Crippen molar-refractivity contribution in [3.63, 3.8) is 0 Å². The number of methoxy groups -OCH3 is 1. The molecule has 0 amide bonds. The fourth-order valence-corrected chi connectivity index (χ4v) is 1.64. The molecule has 1 aromatic rings. The standard InChI is InChI=1S/C15H25N3O2.HI/c1-12(2)20-14-7-5-13(6-8-14)11-18-15(16-3)17-9-10-19-4;/h5-8,12H,9-11H2,1-4H3,(H2,16,17,18);1H. The Balaban J connectivity index is 0.00000400. The van der Waals surface area contributed by atoms with E-state index in [1.807, 2.05) is 38.1 Å². The smallest absolute Gasteiger partial charge is 0.191 e. The maximum Gasteiger partial charge on any atom is 0.191 e. The number of benzene rings is 1. The summed E-state index contributed by atoms with van der Waals surface area (Å²) in [6.45, 7) is 6.14. The maximum absolute atomic E-state index is 5.61. The van der Waals surface area contributed by atoms with Gasteiger partial charge in [0, 0.05) is 27.2 Å². The highest BCUT2D eigenvalue weighted by Gasteiger charge is 2.00. The predicted molar refractivity (Wildman–Crippen MR) is 97.7 cm³/mol. The fraction of sp³-hybridized carbons (Fsp3) is 0.533. The lowest BCUT2D eigenvalue weighted by Crippen LogP contribution is -2.38. The van der Waals surface area contributed by atoms with Crippen molar-refractivity contribution in [2.75, 3.05) is 27.3 Å². The SMILES string of the molecule is CN=C(NCCOC)NCc1ccc(OC(C)C)cc1.I. The second-order valence-corrected chi connectivity index (χ2v) is 4.66. The monoisotopic (exact) mass is 407 g/mol. The van der Waals surface area contributed by atoms with E-state index in [1.165, 1.54) is 5.56 Å². The second kappa shape index (κ2) is 11.6. The van der Waals surface area contributed by atoms with Crippen LogP contribution >= 0.6 is 24.0 Å². The third-order valence-electron chi connectivity index (χ3n) is 2.58. The molecule has 0 bridgehead atoms. The van der Waals surface area contributed by atoms with Crippen molar-refractivity contribution in [1.29, 1.82) is 0 Å². The summed E-state index contributed by atoms with van der Waals surface area (Å²) >= 11 is 0. The molecule has 120 valence electrons. The average molecular weight is 407 g/mol. The molecular formula is C15H26IN3O2. The summed E-state index contributed by atoms with van der Waals surface area (Å²) in [6.07, 6.45) is 0.197. The lowest BCUT2D eigenvalue weighted by Gasteiger charge is -2.13. The zero-order valence-electron chi connectivity index (χ0n) is 13.2. The minimum atomic E-state index is 0. The van der Waals surface area contributed by atoms with Crippen LogP contribution < -0.4 is 15.4 Å². The van der Waals surface area contributed by atoms with Gasteiger partial charge in [-0.15, -0.1) is 24.0 Å². The third kappa shape index (κ3) is 8.77. The molecule has 0 aromatic heterocycles. The van der Waals surface area contributed by atoms with Crippen molar-refractivity contribution in [3.8, 4) is 5.75 Å². The first-order valence-corrected chi connectivity index (χ1v) is 6.84. The van der Waals surface area contributed by atoms with Gasteiger partial charge < -0.3 is 20.1 Å². The number of aliphatic imine (C=N–C) groups is 1. The Kier molecular flexibility index (Phi) is 11.1. The van der Waals surface area contributed by atoms with Crippen molar-refractivity contribution in [3.05, 3.63) is 29.8 Å². The van der Waals surface area contributed by atoms with Crippen molar-refractivity contribution in [1.82, 2.24) is 10.6 Å². The van der Waals surface area contributed by atoms with Crippen molar-refractivity contribution in [2.45, 2.75) is 26.5 Å². The third-order valence-corrected chi connectivity index (χ3v) is 2.58. The highest BCUT2D eigenvalue weighted by Crippen LogP contribution is 2.13. The molecule has 0 spiro atoms. The van der Waals surface area contributed by atoms with E-state index in [0.717, 1.165) is 18.3 Å². The molecule has 0 unspecified atom stereocenters. The van der Waals surface area contributed by atoms with E-state index in [1.54, 1.807) is 14.2 Å². The van der Waals surface area contributed by atoms with Crippen LogP contribution in [-0.2, 0) is 11.3 Å². The van der Waals surface area contributed by atoms with Crippen LogP contribution in [0.5, 0.6) is 5.75 Å². The summed E-state index contributed by atoms with van der Waals surface area (Å²) in [4.78, 5) is 4.15. The van der Waals surface area contributed by atoms with Crippen LogP contribution in [0.3, 0.4) is 0 Å². The molecule has 6 heteroatoms. The molecular weight excluding hydrogens is 381 g/mol. The van der Waals surface area contributed by atoms with Gasteiger partial charge in [0.1, 0.15) is 5.75 Å². The quantitative estimate of drug-likeness (QED) is 0.316. The van der Waals surface area contributed by atoms with Crippen LogP contribution in [0, 0.1) is 0 Å². The number of ether oxygens (including phenoxy) is 2. The van der Waals surface area contributed by atoms with Gasteiger partial charge in [0.15, 0.2) is 5.96 Å². The van der Waals surface area contributed by atoms with E-state index < -0.39 is 0 Å². The van der Waals surface area contributed by atoms with Gasteiger partial charge in [-0.05, 0) is 31.5 Å². The van der Waals surface area contributed by atoms with Gasteiger partial charge in [0.05, 0.1) is 12.7 Å². The molecule has 0 aliphatic carbocycles. The largest absolute Gasteiger partial charge is 0.491 e. The van der Waals surface area contributed by atoms with Gasteiger partial charge in [-0.3, -0.25) is 4.99 Å². The van der Waals surface area contributed by atoms with Crippen molar-refractivity contribution < 1.29 is 9.47 Å². The molecule has 2 N–H and O–H groups in total. The van der Waals surface area contributed by atoms with E-state index in [-0.39, 0.29) is 30.1 Å². The highest BCUT2D eigenvalue weighted by atomic mass is 127. The number of hydrogen-bond donors (Lipinski definition) is 2. The summed E-state index contributed by atoms with van der Waals surface area (Å²) in [5.74, 6) is 1.66. The fourth-order valence-electron chi connectivity index (χ4n) is 1.64. The molecule has 1 rings (SSSR count). The predicted octanol–water partition coefficient (Wildman–Crippen LogP) is 2.40. The van der Waals surface area contributed by atoms with E-state index >= 15 is 0 Å². The zero-order chi connectivity index (χ0) is 14.8. The van der Waals surface area contributed by atoms with E-state index in [9.17, 15) is 0 Å². The Bertz CT molecular complexity index is 408. The molecule has 0 radical (unpaired) electrons. The molecule has 0 atom stereocenters. The average Bonchev–Trinajstić information content (AvgIpc) is 2.43. The summed E-state index contributed by atoms with van der Waals surface area (Å²) in [6, 6.07) is 8.07. The number of rotatable bonds is 7. The minimum absolute atomic E-state index is 0. The molecule has 0 saturated heterocycles. The Morgan fingerprint density at radius 1 is 1.19 bits per heavy atom. The van der Waals surface area contributed by atoms with Crippen LogP contribution in [0.15, 0.2) is 29.3 Å². The summed E-state index contributed by atoms with van der Waals surface area (Å²) in [5, 5.41) is 6.41. The summed E-state index contributed by atoms with van der Waals surface area (Å²) in [7, 11) is 3.43. The Hall–Kier alpha value is -1.02. The molecule has 0 aliphatic heterocycles. The number of nitrogens with zero attached hydrogens (tertiary/aromatic N) is 1. The molecule has 0 aliphatic rings. The van der Waals surface area contributed by atoms with Crippen molar-refractivity contribution in [2.24, 2.45) is 4.99 Å². The number of halogens is 1. The molecule has 0 saturated carbocycles. The Labute approximate surface area is 144 Å². The number of nitrogens with one attached hydrogen (secondary N) is 2. The van der Waals surface area contributed by atoms with Crippen molar-refractivity contribution >= 4 is 29.9 Å².